The molecule has 1 N–H and O–H groups in total. The number of carbonyl (C=O) groups is 1. The lowest BCUT2D eigenvalue weighted by molar-refractivity contribution is -0.0532. The van der Waals surface area contributed by atoms with E-state index < -0.39 is 0 Å². The van der Waals surface area contributed by atoms with E-state index in [2.05, 4.69) is 0 Å². The van der Waals surface area contributed by atoms with Crippen LogP contribution in [0.3, 0.4) is 0 Å². The monoisotopic (exact) mass is 203 g/mol. The normalized spacial score (nSPS) is 32.6. The van der Waals surface area contributed by atoms with Gasteiger partial charge in [0.05, 0.1) is 18.2 Å². The van der Waals surface area contributed by atoms with Gasteiger partial charge in [0.25, 0.3) is 5.91 Å². The molecule has 3 fully saturated rings. The molecule has 2 saturated heterocycles. The average molecular weight is 203 g/mol. The first-order valence-corrected chi connectivity index (χ1v) is 5.35. The molecule has 2 heterocycles. The van der Waals surface area contributed by atoms with Crippen molar-refractivity contribution in [3.8, 4) is 0 Å². The molecule has 3 atom stereocenters. The van der Waals surface area contributed by atoms with Crippen LogP contribution in [0.4, 0.5) is 0 Å². The highest BCUT2D eigenvalue weighted by Crippen LogP contribution is 2.41. The lowest BCUT2D eigenvalue weighted by Crippen LogP contribution is -2.63. The van der Waals surface area contributed by atoms with Crippen LogP contribution in [0.15, 0.2) is 30.3 Å². The lowest BCUT2D eigenvalue weighted by Gasteiger charge is -2.45. The van der Waals surface area contributed by atoms with Gasteiger partial charge >= 0.3 is 0 Å². The van der Waals surface area contributed by atoms with Crippen molar-refractivity contribution in [1.82, 2.24) is 4.90 Å². The van der Waals surface area contributed by atoms with E-state index >= 15 is 0 Å². The Hall–Kier alpha value is -1.35. The Bertz CT molecular complexity index is 378. The van der Waals surface area contributed by atoms with Crippen LogP contribution in [0.5, 0.6) is 0 Å². The Labute approximate surface area is 88.3 Å². The van der Waals surface area contributed by atoms with Crippen molar-refractivity contribution in [3.05, 3.63) is 35.9 Å². The number of hydrogen-bond donors (Lipinski definition) is 1. The van der Waals surface area contributed by atoms with Crippen LogP contribution in [0, 0.1) is 0 Å². The first kappa shape index (κ1) is 8.92. The molecule has 1 unspecified atom stereocenters. The van der Waals surface area contributed by atoms with Crippen LogP contribution >= 0.6 is 0 Å². The van der Waals surface area contributed by atoms with Crippen molar-refractivity contribution in [2.75, 3.05) is 0 Å². The minimum atomic E-state index is -0.280. The van der Waals surface area contributed by atoms with Crippen molar-refractivity contribution in [2.45, 2.75) is 31.0 Å². The highest BCUT2D eigenvalue weighted by Gasteiger charge is 2.55. The van der Waals surface area contributed by atoms with Gasteiger partial charge in [-0.15, -0.1) is 0 Å². The second-order valence-electron chi connectivity index (χ2n) is 4.28. The fourth-order valence-corrected chi connectivity index (χ4v) is 2.72. The van der Waals surface area contributed by atoms with Crippen molar-refractivity contribution >= 4 is 5.91 Å². The number of aliphatic hydroxyl groups excluding tert-OH is 1. The molecule has 0 aromatic heterocycles. The van der Waals surface area contributed by atoms with Crippen LogP contribution in [-0.2, 0) is 0 Å². The molecule has 15 heavy (non-hydrogen) atoms. The zero-order chi connectivity index (χ0) is 10.4. The summed E-state index contributed by atoms with van der Waals surface area (Å²) in [6.07, 6.45) is 1.62. The van der Waals surface area contributed by atoms with Gasteiger partial charge in [0.2, 0.25) is 0 Å². The van der Waals surface area contributed by atoms with Gasteiger partial charge in [-0.2, -0.15) is 0 Å². The van der Waals surface area contributed by atoms with Gasteiger partial charge in [-0.1, -0.05) is 18.2 Å². The SMILES string of the molecule is O=C(c1ccccc1)N1[C@@H]2CC[C@H]1C2O. The van der Waals surface area contributed by atoms with Crippen LogP contribution < -0.4 is 0 Å². The Morgan fingerprint density at radius 3 is 2.33 bits per heavy atom. The lowest BCUT2D eigenvalue weighted by atomic mass is 9.98. The number of aliphatic hydroxyl groups is 1. The fraction of sp³-hybridized carbons (Fsp3) is 0.417. The molecule has 1 aliphatic carbocycles. The van der Waals surface area contributed by atoms with Crippen molar-refractivity contribution in [3.63, 3.8) is 0 Å². The molecular weight excluding hydrogens is 190 g/mol. The van der Waals surface area contributed by atoms with Gasteiger partial charge in [0.1, 0.15) is 0 Å². The average Bonchev–Trinajstić information content (AvgIpc) is 2.88. The highest BCUT2D eigenvalue weighted by molar-refractivity contribution is 5.95. The Morgan fingerprint density at radius 2 is 1.80 bits per heavy atom. The first-order chi connectivity index (χ1) is 7.29. The molecule has 4 rings (SSSR count). The summed E-state index contributed by atoms with van der Waals surface area (Å²) in [7, 11) is 0. The van der Waals surface area contributed by atoms with Crippen LogP contribution in [0.2, 0.25) is 0 Å². The van der Waals surface area contributed by atoms with Crippen molar-refractivity contribution in [2.24, 2.45) is 0 Å². The van der Waals surface area contributed by atoms with Crippen LogP contribution in [0.25, 0.3) is 0 Å². The fourth-order valence-electron chi connectivity index (χ4n) is 2.72. The van der Waals surface area contributed by atoms with E-state index in [9.17, 15) is 9.90 Å². The summed E-state index contributed by atoms with van der Waals surface area (Å²) in [4.78, 5) is 13.9. The molecule has 3 heteroatoms. The third kappa shape index (κ3) is 1.13. The molecular formula is C12H13NO2. The summed E-state index contributed by atoms with van der Waals surface area (Å²) in [5.41, 5.74) is 0.723. The predicted molar refractivity (Wildman–Crippen MR) is 55.4 cm³/mol. The minimum Gasteiger partial charge on any atom is -0.389 e. The first-order valence-electron chi connectivity index (χ1n) is 5.35. The summed E-state index contributed by atoms with van der Waals surface area (Å²) in [6, 6.07) is 9.43. The van der Waals surface area contributed by atoms with E-state index in [4.69, 9.17) is 0 Å². The molecule has 1 aromatic carbocycles. The summed E-state index contributed by atoms with van der Waals surface area (Å²) < 4.78 is 0. The summed E-state index contributed by atoms with van der Waals surface area (Å²) in [5.74, 6) is 0.0633. The smallest absolute Gasteiger partial charge is 0.254 e. The Balaban J connectivity index is 1.83. The van der Waals surface area contributed by atoms with E-state index in [1.807, 2.05) is 35.2 Å². The third-order valence-corrected chi connectivity index (χ3v) is 3.52. The maximum Gasteiger partial charge on any atom is 0.254 e. The van der Waals surface area contributed by atoms with E-state index in [0.29, 0.717) is 0 Å². The molecule has 1 aromatic rings. The molecule has 1 amide bonds. The number of rotatable bonds is 1. The zero-order valence-corrected chi connectivity index (χ0v) is 8.34. The van der Waals surface area contributed by atoms with Gasteiger partial charge in [-0.25, -0.2) is 0 Å². The second kappa shape index (κ2) is 3.07. The minimum absolute atomic E-state index is 0.0633. The van der Waals surface area contributed by atoms with Gasteiger partial charge in [-0.05, 0) is 25.0 Å². The second-order valence-corrected chi connectivity index (χ2v) is 4.28. The predicted octanol–water partition coefficient (Wildman–Crippen LogP) is 1.03. The molecule has 3 aliphatic rings. The number of hydrogen-bond acceptors (Lipinski definition) is 2. The molecule has 2 bridgehead atoms. The van der Waals surface area contributed by atoms with Crippen molar-refractivity contribution in [1.29, 1.82) is 0 Å². The quantitative estimate of drug-likeness (QED) is 0.740. The van der Waals surface area contributed by atoms with Gasteiger partial charge in [0, 0.05) is 5.56 Å². The number of fused-ring (bicyclic) bond motifs is 1. The van der Waals surface area contributed by atoms with Gasteiger partial charge in [0.15, 0.2) is 0 Å². The van der Waals surface area contributed by atoms with Gasteiger partial charge < -0.3 is 10.0 Å². The maximum absolute atomic E-state index is 12.0. The van der Waals surface area contributed by atoms with E-state index in [-0.39, 0.29) is 24.1 Å². The third-order valence-electron chi connectivity index (χ3n) is 3.52. The van der Waals surface area contributed by atoms with E-state index in [1.165, 1.54) is 0 Å². The molecule has 2 aliphatic heterocycles. The van der Waals surface area contributed by atoms with Crippen LogP contribution in [0.1, 0.15) is 23.2 Å². The van der Waals surface area contributed by atoms with E-state index in [0.717, 1.165) is 18.4 Å². The summed E-state index contributed by atoms with van der Waals surface area (Å²) >= 11 is 0. The topological polar surface area (TPSA) is 40.5 Å². The number of nitrogens with zero attached hydrogens (tertiary/aromatic N) is 1. The molecule has 0 radical (unpaired) electrons. The molecule has 78 valence electrons. The number of benzene rings is 1. The molecule has 0 spiro atoms. The standard InChI is InChI=1S/C12H13NO2/c14-11-9-6-7-10(11)13(9)12(15)8-4-2-1-3-5-8/h1-5,9-11,14H,6-7H2/t9-,10+,11?. The van der Waals surface area contributed by atoms with Gasteiger partial charge in [-0.3, -0.25) is 4.79 Å². The van der Waals surface area contributed by atoms with Crippen molar-refractivity contribution < 1.29 is 9.90 Å². The maximum atomic E-state index is 12.0. The molecule has 3 nitrogen and oxygen atoms in total. The number of carbonyl (C=O) groups excluding carboxylic acids is 1. The number of amides is 1. The largest absolute Gasteiger partial charge is 0.389 e. The highest BCUT2D eigenvalue weighted by atomic mass is 16.3. The van der Waals surface area contributed by atoms with E-state index in [1.54, 1.807) is 0 Å². The Kier molecular flexibility index (Phi) is 1.83. The zero-order valence-electron chi connectivity index (χ0n) is 8.34. The Morgan fingerprint density at radius 1 is 1.20 bits per heavy atom. The summed E-state index contributed by atoms with van der Waals surface area (Å²) in [6.45, 7) is 0. The van der Waals surface area contributed by atoms with Crippen LogP contribution in [-0.4, -0.2) is 34.1 Å². The molecule has 1 saturated carbocycles. The summed E-state index contributed by atoms with van der Waals surface area (Å²) in [5, 5.41) is 9.62.